The van der Waals surface area contributed by atoms with E-state index in [4.69, 9.17) is 9.47 Å². The maximum atomic E-state index is 13.5. The van der Waals surface area contributed by atoms with Gasteiger partial charge in [-0.25, -0.2) is 13.6 Å². The Morgan fingerprint density at radius 1 is 1.12 bits per heavy atom. The Morgan fingerprint density at radius 3 is 2.58 bits per heavy atom. The summed E-state index contributed by atoms with van der Waals surface area (Å²) in [6.07, 6.45) is 0. The molecule has 26 heavy (non-hydrogen) atoms. The van der Waals surface area contributed by atoms with Gasteiger partial charge in [-0.1, -0.05) is 6.07 Å². The zero-order chi connectivity index (χ0) is 19.1. The van der Waals surface area contributed by atoms with Gasteiger partial charge in [-0.15, -0.1) is 11.8 Å². The number of nitrogens with one attached hydrogen (secondary N) is 1. The molecule has 0 aromatic heterocycles. The fraction of sp³-hybridized carbons (Fsp3) is 0.222. The van der Waals surface area contributed by atoms with Crippen molar-refractivity contribution in [2.75, 3.05) is 20.0 Å². The van der Waals surface area contributed by atoms with E-state index >= 15 is 0 Å². The van der Waals surface area contributed by atoms with Crippen LogP contribution < -0.4 is 10.1 Å². The zero-order valence-corrected chi connectivity index (χ0v) is 15.0. The molecule has 2 rings (SSSR count). The van der Waals surface area contributed by atoms with Gasteiger partial charge >= 0.3 is 5.97 Å². The first-order chi connectivity index (χ1) is 12.4. The molecule has 1 N–H and O–H groups in total. The van der Waals surface area contributed by atoms with Crippen molar-refractivity contribution in [3.8, 4) is 5.75 Å². The molecular weight excluding hydrogens is 364 g/mol. The monoisotopic (exact) mass is 381 g/mol. The Balaban J connectivity index is 1.94. The van der Waals surface area contributed by atoms with E-state index in [0.717, 1.165) is 30.0 Å². The van der Waals surface area contributed by atoms with Crippen molar-refractivity contribution < 1.29 is 27.8 Å². The predicted molar refractivity (Wildman–Crippen MR) is 93.3 cm³/mol. The SMILES string of the molecule is COC(=O)c1cc(CNC(=O)CSc2cc(F)ccc2F)ccc1OC. The molecule has 0 aliphatic rings. The van der Waals surface area contributed by atoms with Crippen LogP contribution in [0.15, 0.2) is 41.3 Å². The first-order valence-electron chi connectivity index (χ1n) is 7.54. The summed E-state index contributed by atoms with van der Waals surface area (Å²) in [5, 5.41) is 2.66. The minimum atomic E-state index is -0.581. The lowest BCUT2D eigenvalue weighted by molar-refractivity contribution is -0.118. The third kappa shape index (κ3) is 5.19. The third-order valence-corrected chi connectivity index (χ3v) is 4.44. The number of benzene rings is 2. The number of methoxy groups -OCH3 is 2. The number of amides is 1. The van der Waals surface area contributed by atoms with Crippen LogP contribution in [0.4, 0.5) is 8.78 Å². The number of hydrogen-bond acceptors (Lipinski definition) is 5. The van der Waals surface area contributed by atoms with Gasteiger partial charge in [0.25, 0.3) is 0 Å². The molecule has 0 aliphatic carbocycles. The van der Waals surface area contributed by atoms with Crippen LogP contribution in [0.25, 0.3) is 0 Å². The van der Waals surface area contributed by atoms with Gasteiger partial charge in [0.1, 0.15) is 22.9 Å². The van der Waals surface area contributed by atoms with Crippen molar-refractivity contribution in [3.63, 3.8) is 0 Å². The van der Waals surface area contributed by atoms with Crippen molar-refractivity contribution in [1.29, 1.82) is 0 Å². The quantitative estimate of drug-likeness (QED) is 0.590. The predicted octanol–water partition coefficient (Wildman–Crippen LogP) is 3.17. The van der Waals surface area contributed by atoms with E-state index in [9.17, 15) is 18.4 Å². The third-order valence-electron chi connectivity index (χ3n) is 3.41. The summed E-state index contributed by atoms with van der Waals surface area (Å²) >= 11 is 0.901. The molecule has 1 amide bonds. The topological polar surface area (TPSA) is 64.6 Å². The number of esters is 1. The summed E-state index contributed by atoms with van der Waals surface area (Å²) in [5.74, 6) is -1.75. The van der Waals surface area contributed by atoms with Crippen LogP contribution in [0.5, 0.6) is 5.75 Å². The maximum absolute atomic E-state index is 13.5. The summed E-state index contributed by atoms with van der Waals surface area (Å²) in [4.78, 5) is 23.7. The lowest BCUT2D eigenvalue weighted by Crippen LogP contribution is -2.24. The number of carbonyl (C=O) groups is 2. The molecule has 0 saturated heterocycles. The van der Waals surface area contributed by atoms with Crippen LogP contribution in [0.3, 0.4) is 0 Å². The number of thioether (sulfide) groups is 1. The molecule has 5 nitrogen and oxygen atoms in total. The van der Waals surface area contributed by atoms with Crippen molar-refractivity contribution in [3.05, 3.63) is 59.2 Å². The van der Waals surface area contributed by atoms with Gasteiger partial charge in [0, 0.05) is 11.4 Å². The van der Waals surface area contributed by atoms with Crippen molar-refractivity contribution >= 4 is 23.6 Å². The van der Waals surface area contributed by atoms with Crippen LogP contribution >= 0.6 is 11.8 Å². The highest BCUT2D eigenvalue weighted by molar-refractivity contribution is 8.00. The Hall–Kier alpha value is -2.61. The first-order valence-corrected chi connectivity index (χ1v) is 8.53. The highest BCUT2D eigenvalue weighted by Crippen LogP contribution is 2.23. The van der Waals surface area contributed by atoms with Crippen molar-refractivity contribution in [2.24, 2.45) is 0 Å². The molecule has 0 bridgehead atoms. The summed E-state index contributed by atoms with van der Waals surface area (Å²) in [5.41, 5.74) is 0.916. The van der Waals surface area contributed by atoms with E-state index in [2.05, 4.69) is 5.32 Å². The second kappa shape index (κ2) is 9.19. The Morgan fingerprint density at radius 2 is 1.88 bits per heavy atom. The second-order valence-corrected chi connectivity index (χ2v) is 6.18. The van der Waals surface area contributed by atoms with Gasteiger partial charge in [-0.2, -0.15) is 0 Å². The van der Waals surface area contributed by atoms with Crippen LogP contribution in [0.2, 0.25) is 0 Å². The molecule has 0 radical (unpaired) electrons. The van der Waals surface area contributed by atoms with Gasteiger partial charge < -0.3 is 14.8 Å². The van der Waals surface area contributed by atoms with Gasteiger partial charge in [0.05, 0.1) is 20.0 Å². The van der Waals surface area contributed by atoms with Gasteiger partial charge in [0.2, 0.25) is 5.91 Å². The number of ether oxygens (including phenoxy) is 2. The highest BCUT2D eigenvalue weighted by atomic mass is 32.2. The number of carbonyl (C=O) groups excluding carboxylic acids is 2. The average molecular weight is 381 g/mol. The van der Waals surface area contributed by atoms with Gasteiger partial charge in [-0.3, -0.25) is 4.79 Å². The molecule has 0 saturated carbocycles. The molecule has 0 unspecified atom stereocenters. The molecular formula is C18H17F2NO4S. The summed E-state index contributed by atoms with van der Waals surface area (Å²) in [7, 11) is 2.70. The normalized spacial score (nSPS) is 10.3. The molecule has 0 atom stereocenters. The molecule has 0 heterocycles. The minimum Gasteiger partial charge on any atom is -0.496 e. The summed E-state index contributed by atoms with van der Waals surface area (Å²) < 4.78 is 36.4. The lowest BCUT2D eigenvalue weighted by Gasteiger charge is -2.10. The molecule has 8 heteroatoms. The van der Waals surface area contributed by atoms with Crippen LogP contribution in [-0.2, 0) is 16.1 Å². The first kappa shape index (κ1) is 19.7. The molecule has 0 spiro atoms. The number of hydrogen-bond donors (Lipinski definition) is 1. The maximum Gasteiger partial charge on any atom is 0.341 e. The molecule has 0 fully saturated rings. The molecule has 138 valence electrons. The molecule has 2 aromatic rings. The zero-order valence-electron chi connectivity index (χ0n) is 14.2. The number of rotatable bonds is 7. The van der Waals surface area contributed by atoms with Crippen LogP contribution in [0.1, 0.15) is 15.9 Å². The second-order valence-electron chi connectivity index (χ2n) is 5.17. The van der Waals surface area contributed by atoms with E-state index < -0.39 is 17.6 Å². The summed E-state index contributed by atoms with van der Waals surface area (Å²) in [6, 6.07) is 7.93. The van der Waals surface area contributed by atoms with E-state index in [1.807, 2.05) is 0 Å². The fourth-order valence-corrected chi connectivity index (χ4v) is 2.91. The van der Waals surface area contributed by atoms with Crippen LogP contribution in [-0.4, -0.2) is 31.8 Å². The minimum absolute atomic E-state index is 0.0672. The average Bonchev–Trinajstić information content (AvgIpc) is 2.66. The van der Waals surface area contributed by atoms with Gasteiger partial charge in [-0.05, 0) is 35.9 Å². The smallest absolute Gasteiger partial charge is 0.341 e. The highest BCUT2D eigenvalue weighted by Gasteiger charge is 2.14. The van der Waals surface area contributed by atoms with Crippen LogP contribution in [0, 0.1) is 11.6 Å². The largest absolute Gasteiger partial charge is 0.496 e. The summed E-state index contributed by atoms with van der Waals surface area (Å²) in [6.45, 7) is 0.166. The van der Waals surface area contributed by atoms with E-state index in [1.54, 1.807) is 18.2 Å². The Kier molecular flexibility index (Phi) is 6.97. The van der Waals surface area contributed by atoms with Gasteiger partial charge in [0.15, 0.2) is 0 Å². The molecule has 0 aliphatic heterocycles. The van der Waals surface area contributed by atoms with Crippen molar-refractivity contribution in [1.82, 2.24) is 5.32 Å². The van der Waals surface area contributed by atoms with Crippen molar-refractivity contribution in [2.45, 2.75) is 11.4 Å². The van der Waals surface area contributed by atoms with E-state index in [0.29, 0.717) is 11.3 Å². The standard InChI is InChI=1S/C18H17F2NO4S/c1-24-15-6-3-11(7-13(15)18(23)25-2)9-21-17(22)10-26-16-8-12(19)4-5-14(16)20/h3-8H,9-10H2,1-2H3,(H,21,22). The Bertz CT molecular complexity index is 814. The fourth-order valence-electron chi connectivity index (χ4n) is 2.12. The Labute approximate surface area is 153 Å². The lowest BCUT2D eigenvalue weighted by atomic mass is 10.1. The van der Waals surface area contributed by atoms with E-state index in [1.165, 1.54) is 14.2 Å². The van der Waals surface area contributed by atoms with E-state index in [-0.39, 0.29) is 28.7 Å². The number of halogens is 2. The molecule has 2 aromatic carbocycles.